The van der Waals surface area contributed by atoms with Crippen LogP contribution in [0.15, 0.2) is 41.8 Å². The molecule has 0 aliphatic heterocycles. The number of thiophene rings is 1. The van der Waals surface area contributed by atoms with Crippen molar-refractivity contribution in [3.63, 3.8) is 0 Å². The van der Waals surface area contributed by atoms with Crippen LogP contribution in [0, 0.1) is 0 Å². The van der Waals surface area contributed by atoms with E-state index in [2.05, 4.69) is 47.4 Å². The van der Waals surface area contributed by atoms with Crippen LogP contribution in [0.1, 0.15) is 49.7 Å². The second-order valence-electron chi connectivity index (χ2n) is 6.20. The maximum Gasteiger partial charge on any atom is 0.136 e. The summed E-state index contributed by atoms with van der Waals surface area (Å²) in [5.41, 5.74) is 2.31. The second kappa shape index (κ2) is 7.47. The molecule has 2 nitrogen and oxygen atoms in total. The first-order valence-corrected chi connectivity index (χ1v) is 9.39. The van der Waals surface area contributed by atoms with Crippen molar-refractivity contribution in [2.45, 2.75) is 38.5 Å². The molecule has 0 amide bonds. The van der Waals surface area contributed by atoms with Crippen molar-refractivity contribution in [2.75, 3.05) is 0 Å². The molecule has 0 aliphatic carbocycles. The molecule has 0 fully saturated rings. The summed E-state index contributed by atoms with van der Waals surface area (Å²) in [4.78, 5) is 1.23. The molecule has 0 aliphatic rings. The predicted octanol–water partition coefficient (Wildman–Crippen LogP) is 5.03. The Morgan fingerprint density at radius 1 is 1.14 bits per heavy atom. The molecule has 0 spiro atoms. The first-order valence-electron chi connectivity index (χ1n) is 7.36. The maximum absolute atomic E-state index is 12.3. The second-order valence-corrected chi connectivity index (χ2v) is 9.18. The van der Waals surface area contributed by atoms with Crippen molar-refractivity contribution in [1.82, 2.24) is 4.72 Å². The molecule has 2 aromatic rings. The van der Waals surface area contributed by atoms with E-state index < -0.39 is 11.4 Å². The van der Waals surface area contributed by atoms with Gasteiger partial charge in [-0.15, -0.1) is 16.1 Å². The minimum atomic E-state index is -1.08. The van der Waals surface area contributed by atoms with Crippen LogP contribution in [-0.4, -0.2) is 9.30 Å². The van der Waals surface area contributed by atoms with Gasteiger partial charge in [0.05, 0.1) is 6.04 Å². The van der Waals surface area contributed by atoms with Gasteiger partial charge in [0.25, 0.3) is 0 Å². The van der Waals surface area contributed by atoms with Gasteiger partial charge in [-0.3, -0.25) is 0 Å². The van der Waals surface area contributed by atoms with E-state index in [1.165, 1.54) is 4.88 Å². The zero-order valence-corrected chi connectivity index (χ0v) is 15.1. The maximum atomic E-state index is 12.3. The average molecular weight is 334 g/mol. The SMILES string of the molecule is C[C@H](N[S@@+]([O-])C(C)(C)C)c1ccccc1/C=C/c1cccs1. The van der Waals surface area contributed by atoms with E-state index in [1.54, 1.807) is 11.3 Å². The van der Waals surface area contributed by atoms with E-state index in [-0.39, 0.29) is 10.8 Å². The minimum absolute atomic E-state index is 0.0317. The molecule has 1 N–H and O–H groups in total. The molecule has 0 saturated heterocycles. The highest BCUT2D eigenvalue weighted by Crippen LogP contribution is 2.24. The van der Waals surface area contributed by atoms with Gasteiger partial charge in [0, 0.05) is 16.2 Å². The summed E-state index contributed by atoms with van der Waals surface area (Å²) in [5, 5.41) is 2.07. The summed E-state index contributed by atoms with van der Waals surface area (Å²) < 4.78 is 15.2. The highest BCUT2D eigenvalue weighted by atomic mass is 32.2. The Bertz CT molecular complexity index is 614. The number of rotatable bonds is 5. The van der Waals surface area contributed by atoms with Crippen LogP contribution in [0.25, 0.3) is 12.2 Å². The van der Waals surface area contributed by atoms with Crippen LogP contribution in [0.4, 0.5) is 0 Å². The number of nitrogens with one attached hydrogen (secondary N) is 1. The number of hydrogen-bond donors (Lipinski definition) is 1. The molecule has 1 heterocycles. The average Bonchev–Trinajstić information content (AvgIpc) is 2.97. The molecule has 1 aromatic heterocycles. The molecule has 0 radical (unpaired) electrons. The molecular formula is C18H23NOS2. The monoisotopic (exact) mass is 333 g/mol. The van der Waals surface area contributed by atoms with Gasteiger partial charge in [0.15, 0.2) is 0 Å². The van der Waals surface area contributed by atoms with E-state index in [9.17, 15) is 4.55 Å². The molecular weight excluding hydrogens is 310 g/mol. The van der Waals surface area contributed by atoms with Gasteiger partial charge in [-0.1, -0.05) is 36.4 Å². The van der Waals surface area contributed by atoms with E-state index >= 15 is 0 Å². The van der Waals surface area contributed by atoms with Gasteiger partial charge >= 0.3 is 0 Å². The molecule has 0 unspecified atom stereocenters. The van der Waals surface area contributed by atoms with Crippen LogP contribution < -0.4 is 4.72 Å². The molecule has 0 bridgehead atoms. The Morgan fingerprint density at radius 2 is 1.86 bits per heavy atom. The Balaban J connectivity index is 2.17. The normalized spacial score (nSPS) is 15.1. The first kappa shape index (κ1) is 17.3. The highest BCUT2D eigenvalue weighted by molar-refractivity contribution is 7.90. The van der Waals surface area contributed by atoms with Crippen LogP contribution in [-0.2, 0) is 11.4 Å². The summed E-state index contributed by atoms with van der Waals surface area (Å²) >= 11 is 0.638. The minimum Gasteiger partial charge on any atom is -0.598 e. The summed E-state index contributed by atoms with van der Waals surface area (Å²) in [6, 6.07) is 12.4. The zero-order chi connectivity index (χ0) is 16.2. The predicted molar refractivity (Wildman–Crippen MR) is 99.1 cm³/mol. The summed E-state index contributed by atoms with van der Waals surface area (Å²) in [6.07, 6.45) is 4.25. The van der Waals surface area contributed by atoms with Gasteiger partial charge in [0.2, 0.25) is 0 Å². The van der Waals surface area contributed by atoms with Crippen molar-refractivity contribution in [3.05, 3.63) is 57.8 Å². The molecule has 0 saturated carbocycles. The fourth-order valence-electron chi connectivity index (χ4n) is 2.02. The van der Waals surface area contributed by atoms with Crippen LogP contribution in [0.3, 0.4) is 0 Å². The zero-order valence-electron chi connectivity index (χ0n) is 13.5. The third kappa shape index (κ3) is 4.71. The lowest BCUT2D eigenvalue weighted by atomic mass is 10.0. The van der Waals surface area contributed by atoms with Crippen LogP contribution in [0.2, 0.25) is 0 Å². The van der Waals surface area contributed by atoms with E-state index in [4.69, 9.17) is 0 Å². The van der Waals surface area contributed by atoms with Gasteiger partial charge in [-0.2, -0.15) is 0 Å². The molecule has 1 aromatic carbocycles. The lowest BCUT2D eigenvalue weighted by molar-refractivity contribution is 0.531. The molecule has 2 atom stereocenters. The van der Waals surface area contributed by atoms with Crippen molar-refractivity contribution in [3.8, 4) is 0 Å². The fraction of sp³-hybridized carbons (Fsp3) is 0.333. The molecule has 4 heteroatoms. The Kier molecular flexibility index (Phi) is 5.87. The molecule has 118 valence electrons. The van der Waals surface area contributed by atoms with Crippen LogP contribution in [0.5, 0.6) is 0 Å². The van der Waals surface area contributed by atoms with Gasteiger partial charge < -0.3 is 4.55 Å². The standard InChI is InChI=1S/C18H23NOS2/c1-14(19-22(20)18(2,3)4)17-10-6-5-8-15(17)11-12-16-9-7-13-21-16/h5-14,19H,1-4H3/b12-11+/t14-,22-/m0/s1. The van der Waals surface area contributed by atoms with E-state index in [1.807, 2.05) is 39.0 Å². The van der Waals surface area contributed by atoms with Gasteiger partial charge in [-0.25, -0.2) is 0 Å². The Labute approximate surface area is 140 Å². The summed E-state index contributed by atoms with van der Waals surface area (Å²) in [6.45, 7) is 7.99. The fourth-order valence-corrected chi connectivity index (χ4v) is 3.44. The van der Waals surface area contributed by atoms with Crippen LogP contribution >= 0.6 is 11.3 Å². The third-order valence-corrected chi connectivity index (χ3v) is 5.79. The van der Waals surface area contributed by atoms with Crippen molar-refractivity contribution < 1.29 is 4.55 Å². The molecule has 2 rings (SSSR count). The van der Waals surface area contributed by atoms with Crippen molar-refractivity contribution in [2.24, 2.45) is 0 Å². The smallest absolute Gasteiger partial charge is 0.136 e. The number of benzene rings is 1. The van der Waals surface area contributed by atoms with Crippen molar-refractivity contribution in [1.29, 1.82) is 0 Å². The van der Waals surface area contributed by atoms with E-state index in [0.717, 1.165) is 11.1 Å². The Hall–Kier alpha value is -1.07. The lowest BCUT2D eigenvalue weighted by Crippen LogP contribution is -2.40. The first-order chi connectivity index (χ1) is 10.4. The molecule has 22 heavy (non-hydrogen) atoms. The summed E-state index contributed by atoms with van der Waals surface area (Å²) in [5.74, 6) is 0. The van der Waals surface area contributed by atoms with Gasteiger partial charge in [-0.05, 0) is 56.3 Å². The van der Waals surface area contributed by atoms with Crippen molar-refractivity contribution >= 4 is 34.9 Å². The highest BCUT2D eigenvalue weighted by Gasteiger charge is 2.28. The van der Waals surface area contributed by atoms with Gasteiger partial charge in [0.1, 0.15) is 4.75 Å². The Morgan fingerprint density at radius 3 is 2.50 bits per heavy atom. The topological polar surface area (TPSA) is 35.1 Å². The third-order valence-electron chi connectivity index (χ3n) is 3.27. The largest absolute Gasteiger partial charge is 0.598 e. The number of hydrogen-bond acceptors (Lipinski definition) is 3. The van der Waals surface area contributed by atoms with E-state index in [0.29, 0.717) is 0 Å². The quantitative estimate of drug-likeness (QED) is 0.779. The lowest BCUT2D eigenvalue weighted by Gasteiger charge is -2.27. The summed E-state index contributed by atoms with van der Waals surface area (Å²) in [7, 11) is 0.